The molecule has 0 aliphatic heterocycles. The minimum atomic E-state index is -4.36. The highest BCUT2D eigenvalue weighted by atomic mass is 32.2. The quantitative estimate of drug-likeness (QED) is 0.797. The van der Waals surface area contributed by atoms with Crippen LogP contribution in [0.5, 0.6) is 0 Å². The molecule has 130 valence electrons. The molecule has 0 spiro atoms. The number of nitrogens with one attached hydrogen (secondary N) is 2. The molecular formula is C12H14N4O5S3. The van der Waals surface area contributed by atoms with Gasteiger partial charge >= 0.3 is 6.03 Å². The van der Waals surface area contributed by atoms with Gasteiger partial charge in [0, 0.05) is 17.6 Å². The zero-order valence-electron chi connectivity index (χ0n) is 12.9. The predicted molar refractivity (Wildman–Crippen MR) is 88.3 cm³/mol. The molecule has 2 N–H and O–H groups in total. The average molecular weight is 390 g/mol. The van der Waals surface area contributed by atoms with E-state index in [1.807, 2.05) is 0 Å². The second-order valence-corrected chi connectivity index (χ2v) is 9.66. The number of carbonyl (C=O) groups is 1. The van der Waals surface area contributed by atoms with Gasteiger partial charge in [0.05, 0.1) is 0 Å². The normalized spacial score (nSPS) is 12.0. The Morgan fingerprint density at radius 2 is 1.71 bits per heavy atom. The summed E-state index contributed by atoms with van der Waals surface area (Å²) < 4.78 is 49.1. The molecule has 0 atom stereocenters. The lowest BCUT2D eigenvalue weighted by atomic mass is 10.4. The Balaban J connectivity index is 2.24. The smallest absolute Gasteiger partial charge is 0.275 e. The highest BCUT2D eigenvalue weighted by molar-refractivity contribution is 7.95. The van der Waals surface area contributed by atoms with Crippen LogP contribution in [0.3, 0.4) is 0 Å². The maximum Gasteiger partial charge on any atom is 0.335 e. The van der Waals surface area contributed by atoms with E-state index in [-0.39, 0.29) is 10.2 Å². The van der Waals surface area contributed by atoms with Crippen LogP contribution in [0.2, 0.25) is 0 Å². The third kappa shape index (κ3) is 4.27. The van der Waals surface area contributed by atoms with E-state index in [0.717, 1.165) is 23.7 Å². The van der Waals surface area contributed by atoms with Crippen LogP contribution in [-0.2, 0) is 19.9 Å². The first-order chi connectivity index (χ1) is 11.0. The molecule has 2 heterocycles. The maximum absolute atomic E-state index is 12.2. The number of amides is 2. The summed E-state index contributed by atoms with van der Waals surface area (Å²) >= 11 is 0.755. The second-order valence-electron chi connectivity index (χ2n) is 4.88. The van der Waals surface area contributed by atoms with Crippen LogP contribution in [0, 0.1) is 13.8 Å². The fourth-order valence-corrected chi connectivity index (χ4v) is 5.86. The van der Waals surface area contributed by atoms with Gasteiger partial charge in [-0.1, -0.05) is 0 Å². The molecule has 9 nitrogen and oxygen atoms in total. The molecule has 0 aromatic carbocycles. The van der Waals surface area contributed by atoms with Crippen LogP contribution in [0.4, 0.5) is 10.7 Å². The van der Waals surface area contributed by atoms with E-state index in [2.05, 4.69) is 15.3 Å². The van der Waals surface area contributed by atoms with Gasteiger partial charge < -0.3 is 0 Å². The Morgan fingerprint density at radius 1 is 1.12 bits per heavy atom. The van der Waals surface area contributed by atoms with Gasteiger partial charge in [-0.15, -0.1) is 11.3 Å². The molecule has 0 aliphatic carbocycles. The third-order valence-corrected chi connectivity index (χ3v) is 7.08. The molecule has 0 bridgehead atoms. The molecular weight excluding hydrogens is 376 g/mol. The number of thiophene rings is 1. The van der Waals surface area contributed by atoms with Crippen molar-refractivity contribution in [3.63, 3.8) is 0 Å². The molecule has 24 heavy (non-hydrogen) atoms. The number of sulfone groups is 1. The van der Waals surface area contributed by atoms with E-state index in [0.29, 0.717) is 11.4 Å². The molecule has 0 aliphatic rings. The van der Waals surface area contributed by atoms with E-state index in [9.17, 15) is 21.6 Å². The summed E-state index contributed by atoms with van der Waals surface area (Å²) in [6, 6.07) is 1.71. The van der Waals surface area contributed by atoms with Gasteiger partial charge in [-0.25, -0.2) is 36.3 Å². The molecule has 12 heteroatoms. The molecule has 2 amide bonds. The summed E-state index contributed by atoms with van der Waals surface area (Å²) in [5.74, 6) is -0.0612. The Morgan fingerprint density at radius 3 is 2.25 bits per heavy atom. The number of rotatable bonds is 4. The van der Waals surface area contributed by atoms with Crippen molar-refractivity contribution in [2.24, 2.45) is 0 Å². The van der Waals surface area contributed by atoms with Crippen molar-refractivity contribution in [3.05, 3.63) is 28.9 Å². The number of anilines is 1. The molecule has 0 saturated carbocycles. The largest absolute Gasteiger partial charge is 0.335 e. The van der Waals surface area contributed by atoms with Gasteiger partial charge in [0.15, 0.2) is 9.84 Å². The molecule has 2 aromatic rings. The summed E-state index contributed by atoms with van der Waals surface area (Å²) in [6.07, 6.45) is 0.890. The number of carbonyl (C=O) groups excluding carboxylic acids is 1. The Bertz CT molecular complexity index is 975. The topological polar surface area (TPSA) is 135 Å². The molecule has 0 unspecified atom stereocenters. The van der Waals surface area contributed by atoms with Crippen LogP contribution >= 0.6 is 11.3 Å². The Hall–Kier alpha value is -2.05. The van der Waals surface area contributed by atoms with Crippen molar-refractivity contribution >= 4 is 43.2 Å². The number of hydrogen-bond donors (Lipinski definition) is 2. The van der Waals surface area contributed by atoms with Crippen molar-refractivity contribution in [2.45, 2.75) is 23.0 Å². The van der Waals surface area contributed by atoms with Gasteiger partial charge in [0.1, 0.15) is 9.10 Å². The number of urea groups is 1. The first kappa shape index (κ1) is 18.3. The summed E-state index contributed by atoms with van der Waals surface area (Å²) in [5, 5.41) is 3.52. The molecule has 0 radical (unpaired) electrons. The summed E-state index contributed by atoms with van der Waals surface area (Å²) in [5.41, 5.74) is 1.19. The van der Waals surface area contributed by atoms with E-state index in [4.69, 9.17) is 0 Å². The van der Waals surface area contributed by atoms with Crippen LogP contribution in [0.15, 0.2) is 26.6 Å². The summed E-state index contributed by atoms with van der Waals surface area (Å²) in [4.78, 5) is 19.3. The Kier molecular flexibility index (Phi) is 4.92. The van der Waals surface area contributed by atoms with Crippen molar-refractivity contribution < 1.29 is 21.6 Å². The fraction of sp³-hybridized carbons (Fsp3) is 0.250. The predicted octanol–water partition coefficient (Wildman–Crippen LogP) is 1.07. The van der Waals surface area contributed by atoms with E-state index in [1.165, 1.54) is 5.38 Å². The monoisotopic (exact) mass is 390 g/mol. The number of nitrogens with zero attached hydrogens (tertiary/aromatic N) is 2. The number of sulfonamides is 1. The minimum Gasteiger partial charge on any atom is -0.275 e. The highest BCUT2D eigenvalue weighted by Crippen LogP contribution is 2.26. The minimum absolute atomic E-state index is 0.0612. The number of hydrogen-bond acceptors (Lipinski definition) is 8. The Labute approximate surface area is 143 Å². The van der Waals surface area contributed by atoms with Crippen molar-refractivity contribution in [1.82, 2.24) is 14.7 Å². The lowest BCUT2D eigenvalue weighted by molar-refractivity contribution is 0.256. The number of aromatic nitrogens is 2. The fourth-order valence-electron chi connectivity index (χ4n) is 1.84. The van der Waals surface area contributed by atoms with Gasteiger partial charge in [-0.2, -0.15) is 0 Å². The van der Waals surface area contributed by atoms with Gasteiger partial charge in [0.25, 0.3) is 10.0 Å². The molecule has 0 fully saturated rings. The second kappa shape index (κ2) is 6.45. The van der Waals surface area contributed by atoms with Crippen LogP contribution in [0.1, 0.15) is 11.4 Å². The third-order valence-electron chi connectivity index (χ3n) is 2.66. The molecule has 2 rings (SSSR count). The standard InChI is InChI=1S/C12H14N4O5S3/c1-7-6-8(2)14-11(13-7)15-12(17)16-24(20,21)9-4-5-22-10(9)23(3,18)19/h4-6H,1-3H3,(H2,13,14,15,16,17). The maximum atomic E-state index is 12.2. The van der Waals surface area contributed by atoms with Crippen molar-refractivity contribution in [1.29, 1.82) is 0 Å². The van der Waals surface area contributed by atoms with Crippen LogP contribution < -0.4 is 10.0 Å². The SMILES string of the molecule is Cc1cc(C)nc(NC(=O)NS(=O)(=O)c2ccsc2S(C)(=O)=O)n1. The van der Waals surface area contributed by atoms with Gasteiger partial charge in [-0.3, -0.25) is 5.32 Å². The van der Waals surface area contributed by atoms with Crippen molar-refractivity contribution in [3.8, 4) is 0 Å². The van der Waals surface area contributed by atoms with Crippen LogP contribution in [0.25, 0.3) is 0 Å². The summed E-state index contributed by atoms with van der Waals surface area (Å²) in [7, 11) is -8.09. The highest BCUT2D eigenvalue weighted by Gasteiger charge is 2.27. The lowest BCUT2D eigenvalue weighted by Gasteiger charge is -2.08. The zero-order valence-corrected chi connectivity index (χ0v) is 15.3. The average Bonchev–Trinajstić information content (AvgIpc) is 2.85. The van der Waals surface area contributed by atoms with E-state index >= 15 is 0 Å². The van der Waals surface area contributed by atoms with Crippen molar-refractivity contribution in [2.75, 3.05) is 11.6 Å². The first-order valence-electron chi connectivity index (χ1n) is 6.43. The van der Waals surface area contributed by atoms with Gasteiger partial charge in [0.2, 0.25) is 5.95 Å². The van der Waals surface area contributed by atoms with Gasteiger partial charge in [-0.05, 0) is 31.4 Å². The zero-order chi connectivity index (χ0) is 18.1. The molecule has 0 saturated heterocycles. The first-order valence-corrected chi connectivity index (χ1v) is 10.7. The van der Waals surface area contributed by atoms with E-state index in [1.54, 1.807) is 24.6 Å². The lowest BCUT2D eigenvalue weighted by Crippen LogP contribution is -2.35. The summed E-state index contributed by atoms with van der Waals surface area (Å²) in [6.45, 7) is 3.39. The molecule has 2 aromatic heterocycles. The van der Waals surface area contributed by atoms with Crippen LogP contribution in [-0.4, -0.2) is 39.1 Å². The number of aryl methyl sites for hydroxylation is 2. The van der Waals surface area contributed by atoms with E-state index < -0.39 is 30.8 Å².